The molecule has 6 heteroatoms. The van der Waals surface area contributed by atoms with Crippen molar-refractivity contribution in [2.75, 3.05) is 40.9 Å². The highest BCUT2D eigenvalue weighted by molar-refractivity contribution is 5.78. The molecule has 0 aromatic heterocycles. The van der Waals surface area contributed by atoms with E-state index in [9.17, 15) is 4.79 Å². The molecule has 1 aliphatic rings. The molecule has 1 amide bonds. The zero-order valence-corrected chi connectivity index (χ0v) is 14.1. The summed E-state index contributed by atoms with van der Waals surface area (Å²) in [5.41, 5.74) is 0.489. The Morgan fingerprint density at radius 3 is 2.70 bits per heavy atom. The van der Waals surface area contributed by atoms with Gasteiger partial charge in [-0.2, -0.15) is 5.26 Å². The Kier molecular flexibility index (Phi) is 5.45. The smallest absolute Gasteiger partial charge is 0.260 e. The first-order valence-corrected chi connectivity index (χ1v) is 7.61. The summed E-state index contributed by atoms with van der Waals surface area (Å²) in [5.74, 6) is 1.33. The van der Waals surface area contributed by atoms with Crippen molar-refractivity contribution in [3.8, 4) is 17.6 Å². The SMILES string of the molecule is COc1cc(C#N)ccc1OCC(=O)N1C[C@H](C)[C@@H](N(C)C)C1. The van der Waals surface area contributed by atoms with Crippen molar-refractivity contribution >= 4 is 5.91 Å². The van der Waals surface area contributed by atoms with E-state index >= 15 is 0 Å². The third-order valence-electron chi connectivity index (χ3n) is 4.23. The largest absolute Gasteiger partial charge is 0.493 e. The number of amides is 1. The molecule has 0 bridgehead atoms. The van der Waals surface area contributed by atoms with Crippen LogP contribution in [0.15, 0.2) is 18.2 Å². The molecule has 1 fully saturated rings. The van der Waals surface area contributed by atoms with Gasteiger partial charge in [-0.3, -0.25) is 4.79 Å². The monoisotopic (exact) mass is 317 g/mol. The minimum absolute atomic E-state index is 0.0326. The fourth-order valence-electron chi connectivity index (χ4n) is 2.91. The van der Waals surface area contributed by atoms with Crippen LogP contribution in [0.2, 0.25) is 0 Å². The van der Waals surface area contributed by atoms with E-state index < -0.39 is 0 Å². The number of nitriles is 1. The van der Waals surface area contributed by atoms with Crippen LogP contribution in [-0.4, -0.2) is 62.7 Å². The van der Waals surface area contributed by atoms with E-state index in [1.54, 1.807) is 18.2 Å². The van der Waals surface area contributed by atoms with Gasteiger partial charge in [0, 0.05) is 25.2 Å². The number of likely N-dealkylation sites (tertiary alicyclic amines) is 1. The van der Waals surface area contributed by atoms with E-state index in [1.807, 2.05) is 25.1 Å². The van der Waals surface area contributed by atoms with Gasteiger partial charge in [0.1, 0.15) is 0 Å². The molecule has 1 saturated heterocycles. The molecule has 0 saturated carbocycles. The van der Waals surface area contributed by atoms with Gasteiger partial charge in [0.15, 0.2) is 18.1 Å². The van der Waals surface area contributed by atoms with Crippen LogP contribution in [0.1, 0.15) is 12.5 Å². The summed E-state index contributed by atoms with van der Waals surface area (Å²) in [7, 11) is 5.58. The van der Waals surface area contributed by atoms with Crippen LogP contribution in [0.3, 0.4) is 0 Å². The number of benzene rings is 1. The number of methoxy groups -OCH3 is 1. The summed E-state index contributed by atoms with van der Waals surface area (Å²) in [6.07, 6.45) is 0. The molecule has 1 aromatic carbocycles. The Bertz CT molecular complexity index is 610. The number of ether oxygens (including phenoxy) is 2. The molecular weight excluding hydrogens is 294 g/mol. The maximum absolute atomic E-state index is 12.3. The molecule has 0 spiro atoms. The van der Waals surface area contributed by atoms with Crippen LogP contribution in [0.5, 0.6) is 11.5 Å². The Labute approximate surface area is 137 Å². The van der Waals surface area contributed by atoms with Crippen molar-refractivity contribution in [1.29, 1.82) is 5.26 Å². The zero-order chi connectivity index (χ0) is 17.0. The lowest BCUT2D eigenvalue weighted by Crippen LogP contribution is -2.37. The van der Waals surface area contributed by atoms with Crippen molar-refractivity contribution < 1.29 is 14.3 Å². The molecule has 0 radical (unpaired) electrons. The van der Waals surface area contributed by atoms with Gasteiger partial charge < -0.3 is 19.3 Å². The number of hydrogen-bond donors (Lipinski definition) is 0. The number of rotatable bonds is 5. The summed E-state index contributed by atoms with van der Waals surface area (Å²) in [5, 5.41) is 8.89. The minimum atomic E-state index is -0.0346. The molecule has 124 valence electrons. The lowest BCUT2D eigenvalue weighted by molar-refractivity contribution is -0.132. The average Bonchev–Trinajstić information content (AvgIpc) is 2.94. The van der Waals surface area contributed by atoms with Gasteiger partial charge in [0.25, 0.3) is 5.91 Å². The first-order chi connectivity index (χ1) is 11.0. The van der Waals surface area contributed by atoms with Crippen LogP contribution < -0.4 is 9.47 Å². The van der Waals surface area contributed by atoms with E-state index in [-0.39, 0.29) is 12.5 Å². The molecule has 2 rings (SSSR count). The number of likely N-dealkylation sites (N-methyl/N-ethyl adjacent to an activating group) is 1. The van der Waals surface area contributed by atoms with Gasteiger partial charge in [0.05, 0.1) is 18.7 Å². The number of carbonyl (C=O) groups is 1. The molecule has 1 aliphatic heterocycles. The predicted octanol–water partition coefficient (Wildman–Crippen LogP) is 1.35. The summed E-state index contributed by atoms with van der Waals surface area (Å²) >= 11 is 0. The van der Waals surface area contributed by atoms with Crippen LogP contribution in [-0.2, 0) is 4.79 Å². The standard InChI is InChI=1S/C17H23N3O3/c1-12-9-20(10-14(12)19(2)3)17(21)11-23-15-6-5-13(8-18)7-16(15)22-4/h5-7,12,14H,9-11H2,1-4H3/t12-,14-/m0/s1. The van der Waals surface area contributed by atoms with Gasteiger partial charge in [-0.25, -0.2) is 0 Å². The molecule has 2 atom stereocenters. The van der Waals surface area contributed by atoms with Gasteiger partial charge in [-0.15, -0.1) is 0 Å². The van der Waals surface area contributed by atoms with Crippen molar-refractivity contribution in [1.82, 2.24) is 9.80 Å². The first kappa shape index (κ1) is 17.1. The lowest BCUT2D eigenvalue weighted by atomic mass is 10.1. The quantitative estimate of drug-likeness (QED) is 0.820. The van der Waals surface area contributed by atoms with Gasteiger partial charge >= 0.3 is 0 Å². The minimum Gasteiger partial charge on any atom is -0.493 e. The highest BCUT2D eigenvalue weighted by Crippen LogP contribution is 2.28. The van der Waals surface area contributed by atoms with Crippen LogP contribution in [0.4, 0.5) is 0 Å². The summed E-state index contributed by atoms with van der Waals surface area (Å²) in [6.45, 7) is 3.59. The Morgan fingerprint density at radius 1 is 1.39 bits per heavy atom. The molecule has 1 aromatic rings. The van der Waals surface area contributed by atoms with E-state index in [1.165, 1.54) is 7.11 Å². The Morgan fingerprint density at radius 2 is 2.13 bits per heavy atom. The summed E-state index contributed by atoms with van der Waals surface area (Å²) < 4.78 is 10.8. The summed E-state index contributed by atoms with van der Waals surface area (Å²) in [6, 6.07) is 7.31. The van der Waals surface area contributed by atoms with Crippen molar-refractivity contribution in [2.24, 2.45) is 5.92 Å². The molecule has 1 heterocycles. The van der Waals surface area contributed by atoms with E-state index in [0.29, 0.717) is 29.0 Å². The summed E-state index contributed by atoms with van der Waals surface area (Å²) in [4.78, 5) is 16.3. The second kappa shape index (κ2) is 7.34. The molecular formula is C17H23N3O3. The van der Waals surface area contributed by atoms with Crippen LogP contribution >= 0.6 is 0 Å². The molecule has 0 N–H and O–H groups in total. The van der Waals surface area contributed by atoms with Crippen LogP contribution in [0, 0.1) is 17.2 Å². The molecule has 0 aliphatic carbocycles. The third-order valence-corrected chi connectivity index (χ3v) is 4.23. The van der Waals surface area contributed by atoms with Crippen molar-refractivity contribution in [3.05, 3.63) is 23.8 Å². The zero-order valence-electron chi connectivity index (χ0n) is 14.1. The van der Waals surface area contributed by atoms with E-state index in [0.717, 1.165) is 13.1 Å². The van der Waals surface area contributed by atoms with Crippen molar-refractivity contribution in [3.63, 3.8) is 0 Å². The van der Waals surface area contributed by atoms with Crippen molar-refractivity contribution in [2.45, 2.75) is 13.0 Å². The predicted molar refractivity (Wildman–Crippen MR) is 86.4 cm³/mol. The second-order valence-electron chi connectivity index (χ2n) is 6.07. The number of hydrogen-bond acceptors (Lipinski definition) is 5. The normalized spacial score (nSPS) is 20.4. The lowest BCUT2D eigenvalue weighted by Gasteiger charge is -2.22. The topological polar surface area (TPSA) is 65.8 Å². The third kappa shape index (κ3) is 3.93. The van der Waals surface area contributed by atoms with Gasteiger partial charge in [-0.05, 0) is 32.1 Å². The molecule has 23 heavy (non-hydrogen) atoms. The highest BCUT2D eigenvalue weighted by Gasteiger charge is 2.33. The molecule has 6 nitrogen and oxygen atoms in total. The Balaban J connectivity index is 1.96. The second-order valence-corrected chi connectivity index (χ2v) is 6.07. The molecule has 0 unspecified atom stereocenters. The fourth-order valence-corrected chi connectivity index (χ4v) is 2.91. The first-order valence-electron chi connectivity index (χ1n) is 7.61. The number of carbonyl (C=O) groups excluding carboxylic acids is 1. The van der Waals surface area contributed by atoms with Crippen LogP contribution in [0.25, 0.3) is 0 Å². The van der Waals surface area contributed by atoms with E-state index in [2.05, 4.69) is 11.8 Å². The van der Waals surface area contributed by atoms with Gasteiger partial charge in [0.2, 0.25) is 0 Å². The van der Waals surface area contributed by atoms with E-state index in [4.69, 9.17) is 14.7 Å². The fraction of sp³-hybridized carbons (Fsp3) is 0.529. The van der Waals surface area contributed by atoms with Gasteiger partial charge in [-0.1, -0.05) is 6.92 Å². The average molecular weight is 317 g/mol. The maximum Gasteiger partial charge on any atom is 0.260 e. The maximum atomic E-state index is 12.3. The highest BCUT2D eigenvalue weighted by atomic mass is 16.5. The number of nitrogens with zero attached hydrogens (tertiary/aromatic N) is 3. The Hall–Kier alpha value is -2.26.